The van der Waals surface area contributed by atoms with Gasteiger partial charge in [-0.25, -0.2) is 0 Å². The Kier molecular flexibility index (Phi) is 6.46. The first-order valence-corrected chi connectivity index (χ1v) is 3.13. The van der Waals surface area contributed by atoms with Crippen LogP contribution in [0.25, 0.3) is 0 Å². The first kappa shape index (κ1) is 13.3. The maximum atomic E-state index is 10.2. The first-order chi connectivity index (χ1) is 4.46. The van der Waals surface area contributed by atoms with Crippen molar-refractivity contribution >= 4 is 18.4 Å². The number of nitrogens with two attached hydrogens (primary N) is 1. The van der Waals surface area contributed by atoms with Crippen LogP contribution in [0.4, 0.5) is 0 Å². The molecule has 0 aromatic carbocycles. The molecule has 0 saturated heterocycles. The Balaban J connectivity index is 0. The number of aliphatic carboxylic acids is 1. The lowest BCUT2D eigenvalue weighted by Gasteiger charge is -2.17. The van der Waals surface area contributed by atoms with Gasteiger partial charge >= 0.3 is 5.97 Å². The van der Waals surface area contributed by atoms with E-state index >= 15 is 0 Å². The largest absolute Gasteiger partial charge is 0.480 e. The van der Waals surface area contributed by atoms with Gasteiger partial charge in [0.25, 0.3) is 0 Å². The second kappa shape index (κ2) is 5.35. The number of rotatable bonds is 3. The summed E-state index contributed by atoms with van der Waals surface area (Å²) in [5.74, 6) is -1.28. The van der Waals surface area contributed by atoms with Crippen LogP contribution >= 0.6 is 12.4 Å². The zero-order chi connectivity index (χ0) is 8.31. The van der Waals surface area contributed by atoms with E-state index in [1.54, 1.807) is 13.8 Å². The van der Waals surface area contributed by atoms with Crippen LogP contribution in [0.2, 0.25) is 0 Å². The van der Waals surface area contributed by atoms with Crippen molar-refractivity contribution in [3.8, 4) is 0 Å². The molecular formula is C6H14ClNO3. The fourth-order valence-electron chi connectivity index (χ4n) is 0.561. The van der Waals surface area contributed by atoms with E-state index in [4.69, 9.17) is 15.9 Å². The number of hydrogen-bond donors (Lipinski definition) is 3. The Bertz CT molecular complexity index is 129. The normalized spacial score (nSPS) is 15.4. The van der Waals surface area contributed by atoms with Gasteiger partial charge in [0.1, 0.15) is 6.04 Å². The van der Waals surface area contributed by atoms with E-state index in [1.807, 2.05) is 0 Å². The third kappa shape index (κ3) is 4.19. The molecule has 0 unspecified atom stereocenters. The zero-order valence-electron chi connectivity index (χ0n) is 6.52. The Labute approximate surface area is 71.8 Å². The summed E-state index contributed by atoms with van der Waals surface area (Å²) in [7, 11) is 0. The molecule has 4 nitrogen and oxygen atoms in total. The summed E-state index contributed by atoms with van der Waals surface area (Å²) in [6.07, 6.45) is -0.961. The molecule has 5 heteroatoms. The average molecular weight is 184 g/mol. The van der Waals surface area contributed by atoms with Gasteiger partial charge in [-0.1, -0.05) is 13.8 Å². The van der Waals surface area contributed by atoms with Gasteiger partial charge in [0, 0.05) is 0 Å². The standard InChI is InChI=1S/C6H13NO3.ClH/c1-3(2)5(8)4(7)6(9)10;/h3-5,8H,7H2,1-2H3,(H,9,10);1H/t4-,5-;/m0./s1. The highest BCUT2D eigenvalue weighted by atomic mass is 35.5. The van der Waals surface area contributed by atoms with Gasteiger partial charge in [-0.05, 0) is 5.92 Å². The molecule has 0 aliphatic carbocycles. The Morgan fingerprint density at radius 2 is 1.82 bits per heavy atom. The molecule has 11 heavy (non-hydrogen) atoms. The maximum absolute atomic E-state index is 10.2. The molecule has 0 bridgehead atoms. The Hall–Kier alpha value is -0.320. The molecule has 0 aromatic rings. The van der Waals surface area contributed by atoms with Crippen LogP contribution in [0.1, 0.15) is 13.8 Å². The van der Waals surface area contributed by atoms with E-state index in [0.29, 0.717) is 0 Å². The quantitative estimate of drug-likeness (QED) is 0.568. The average Bonchev–Trinajstić information content (AvgIpc) is 1.84. The Morgan fingerprint density at radius 3 is 1.91 bits per heavy atom. The van der Waals surface area contributed by atoms with Crippen LogP contribution in [0.5, 0.6) is 0 Å². The van der Waals surface area contributed by atoms with Gasteiger partial charge in [0.05, 0.1) is 6.10 Å². The molecule has 0 aromatic heterocycles. The minimum Gasteiger partial charge on any atom is -0.480 e. The first-order valence-electron chi connectivity index (χ1n) is 3.13. The molecule has 0 rings (SSSR count). The lowest BCUT2D eigenvalue weighted by Crippen LogP contribution is -2.44. The number of hydrogen-bond acceptors (Lipinski definition) is 3. The number of carbonyl (C=O) groups is 1. The van der Waals surface area contributed by atoms with Crippen LogP contribution < -0.4 is 5.73 Å². The monoisotopic (exact) mass is 183 g/mol. The second-order valence-electron chi connectivity index (χ2n) is 2.60. The molecule has 2 atom stereocenters. The molecule has 0 fully saturated rings. The van der Waals surface area contributed by atoms with E-state index in [2.05, 4.69) is 0 Å². The SMILES string of the molecule is CC(C)[C@H](O)[C@H](N)C(=O)O.Cl. The second-order valence-corrected chi connectivity index (χ2v) is 2.60. The molecule has 0 aliphatic rings. The lowest BCUT2D eigenvalue weighted by molar-refractivity contribution is -0.141. The fourth-order valence-corrected chi connectivity index (χ4v) is 0.561. The molecule has 0 radical (unpaired) electrons. The van der Waals surface area contributed by atoms with E-state index in [0.717, 1.165) is 0 Å². The minimum absolute atomic E-state index is 0. The topological polar surface area (TPSA) is 83.5 Å². The number of carboxylic acid groups (broad SMARTS) is 1. The van der Waals surface area contributed by atoms with Crippen LogP contribution in [0.15, 0.2) is 0 Å². The maximum Gasteiger partial charge on any atom is 0.323 e. The third-order valence-corrected chi connectivity index (χ3v) is 1.34. The number of carboxylic acids is 1. The highest BCUT2D eigenvalue weighted by Crippen LogP contribution is 2.03. The van der Waals surface area contributed by atoms with Crippen LogP contribution in [-0.4, -0.2) is 28.3 Å². The molecule has 0 saturated carbocycles. The summed E-state index contributed by atoms with van der Waals surface area (Å²) >= 11 is 0. The summed E-state index contributed by atoms with van der Waals surface area (Å²) in [6, 6.07) is -1.17. The molecule has 68 valence electrons. The smallest absolute Gasteiger partial charge is 0.323 e. The summed E-state index contributed by atoms with van der Waals surface area (Å²) in [4.78, 5) is 10.2. The molecular weight excluding hydrogens is 170 g/mol. The predicted octanol–water partition coefficient (Wildman–Crippen LogP) is -0.163. The van der Waals surface area contributed by atoms with E-state index < -0.39 is 18.1 Å². The predicted molar refractivity (Wildman–Crippen MR) is 43.7 cm³/mol. The highest BCUT2D eigenvalue weighted by molar-refractivity contribution is 5.85. The van der Waals surface area contributed by atoms with Crippen LogP contribution in [0.3, 0.4) is 0 Å². The van der Waals surface area contributed by atoms with Gasteiger partial charge in [-0.2, -0.15) is 0 Å². The van der Waals surface area contributed by atoms with Crippen LogP contribution in [-0.2, 0) is 4.79 Å². The number of halogens is 1. The summed E-state index contributed by atoms with van der Waals surface area (Å²) in [5, 5.41) is 17.4. The van der Waals surface area contributed by atoms with Crippen molar-refractivity contribution in [2.24, 2.45) is 11.7 Å². The summed E-state index contributed by atoms with van der Waals surface area (Å²) < 4.78 is 0. The Morgan fingerprint density at radius 1 is 1.45 bits per heavy atom. The molecule has 4 N–H and O–H groups in total. The van der Waals surface area contributed by atoms with E-state index in [1.165, 1.54) is 0 Å². The van der Waals surface area contributed by atoms with Gasteiger partial charge < -0.3 is 15.9 Å². The van der Waals surface area contributed by atoms with Gasteiger partial charge in [-0.3, -0.25) is 4.79 Å². The number of aliphatic hydroxyl groups excluding tert-OH is 1. The van der Waals surface area contributed by atoms with Crippen molar-refractivity contribution in [2.75, 3.05) is 0 Å². The molecule has 0 spiro atoms. The van der Waals surface area contributed by atoms with Crippen molar-refractivity contribution in [3.05, 3.63) is 0 Å². The summed E-state index contributed by atoms with van der Waals surface area (Å²) in [6.45, 7) is 3.43. The highest BCUT2D eigenvalue weighted by Gasteiger charge is 2.24. The number of aliphatic hydroxyl groups is 1. The van der Waals surface area contributed by atoms with E-state index in [-0.39, 0.29) is 18.3 Å². The van der Waals surface area contributed by atoms with Crippen molar-refractivity contribution < 1.29 is 15.0 Å². The van der Waals surface area contributed by atoms with Crippen molar-refractivity contribution in [2.45, 2.75) is 26.0 Å². The molecule has 0 amide bonds. The van der Waals surface area contributed by atoms with Crippen molar-refractivity contribution in [3.63, 3.8) is 0 Å². The fraction of sp³-hybridized carbons (Fsp3) is 0.833. The van der Waals surface area contributed by atoms with Crippen LogP contribution in [0, 0.1) is 5.92 Å². The third-order valence-electron chi connectivity index (χ3n) is 1.34. The van der Waals surface area contributed by atoms with Gasteiger partial charge in [0.15, 0.2) is 0 Å². The van der Waals surface area contributed by atoms with E-state index in [9.17, 15) is 4.79 Å². The lowest BCUT2D eigenvalue weighted by atomic mass is 10.0. The van der Waals surface area contributed by atoms with Crippen molar-refractivity contribution in [1.82, 2.24) is 0 Å². The molecule has 0 heterocycles. The summed E-state index contributed by atoms with van der Waals surface area (Å²) in [5.41, 5.74) is 5.11. The molecule has 0 aliphatic heterocycles. The zero-order valence-corrected chi connectivity index (χ0v) is 7.34. The van der Waals surface area contributed by atoms with Crippen molar-refractivity contribution in [1.29, 1.82) is 0 Å². The van der Waals surface area contributed by atoms with Gasteiger partial charge in [-0.15, -0.1) is 12.4 Å². The minimum atomic E-state index is -1.17. The van der Waals surface area contributed by atoms with Gasteiger partial charge in [0.2, 0.25) is 0 Å².